The van der Waals surface area contributed by atoms with Gasteiger partial charge in [-0.05, 0) is 82.4 Å². The third-order valence-corrected chi connectivity index (χ3v) is 7.42. The number of hydrogen-bond donors (Lipinski definition) is 1. The first-order valence-corrected chi connectivity index (χ1v) is 12.5. The molecule has 1 aliphatic carbocycles. The van der Waals surface area contributed by atoms with E-state index in [1.807, 2.05) is 53.4 Å². The number of ether oxygens (including phenoxy) is 1. The zero-order chi connectivity index (χ0) is 23.4. The lowest BCUT2D eigenvalue weighted by Crippen LogP contribution is -2.44. The molecule has 2 aromatic rings. The molecular formula is C25H25BrN2O4S. The van der Waals surface area contributed by atoms with E-state index in [-0.39, 0.29) is 11.9 Å². The van der Waals surface area contributed by atoms with Gasteiger partial charge in [-0.15, -0.1) is 0 Å². The lowest BCUT2D eigenvalue weighted by Gasteiger charge is -2.35. The highest BCUT2D eigenvalue weighted by molar-refractivity contribution is 9.10. The van der Waals surface area contributed by atoms with Crippen LogP contribution in [0, 0.1) is 5.92 Å². The quantitative estimate of drug-likeness (QED) is 0.458. The second-order valence-corrected chi connectivity index (χ2v) is 10.1. The number of para-hydroxylation sites is 1. The van der Waals surface area contributed by atoms with Crippen LogP contribution >= 0.6 is 27.7 Å². The van der Waals surface area contributed by atoms with Crippen molar-refractivity contribution in [1.82, 2.24) is 4.90 Å². The van der Waals surface area contributed by atoms with Crippen molar-refractivity contribution in [3.05, 3.63) is 63.5 Å². The van der Waals surface area contributed by atoms with Crippen molar-refractivity contribution < 1.29 is 19.4 Å². The number of rotatable bonds is 6. The summed E-state index contributed by atoms with van der Waals surface area (Å²) >= 11 is 4.83. The minimum Gasteiger partial charge on any atom is -0.481 e. The molecule has 172 valence electrons. The Hall–Kier alpha value is -2.58. The summed E-state index contributed by atoms with van der Waals surface area (Å²) in [5.74, 6) is -0.198. The number of aliphatic carboxylic acids is 1. The van der Waals surface area contributed by atoms with Crippen LogP contribution in [0.4, 0.5) is 5.69 Å². The summed E-state index contributed by atoms with van der Waals surface area (Å²) in [4.78, 5) is 31.6. The van der Waals surface area contributed by atoms with Gasteiger partial charge in [0, 0.05) is 6.04 Å². The number of benzene rings is 2. The second kappa shape index (κ2) is 10.6. The van der Waals surface area contributed by atoms with Gasteiger partial charge >= 0.3 is 5.97 Å². The summed E-state index contributed by atoms with van der Waals surface area (Å²) in [5, 5.41) is 9.53. The molecule has 2 aromatic carbocycles. The maximum atomic E-state index is 13.5. The van der Waals surface area contributed by atoms with Crippen LogP contribution in [0.25, 0.3) is 6.08 Å². The summed E-state index contributed by atoms with van der Waals surface area (Å²) in [6.07, 6.45) is 6.26. The Balaban J connectivity index is 1.64. The number of thioether (sulfide) groups is 1. The zero-order valence-electron chi connectivity index (χ0n) is 18.2. The zero-order valence-corrected chi connectivity index (χ0v) is 20.6. The smallest absolute Gasteiger partial charge is 0.341 e. The number of halogens is 1. The number of carbonyl (C=O) groups excluding carboxylic acids is 1. The number of carboxylic acids is 1. The predicted octanol–water partition coefficient (Wildman–Crippen LogP) is 6.10. The molecule has 1 aliphatic heterocycles. The number of nitrogens with zero attached hydrogens (tertiary/aromatic N) is 2. The Morgan fingerprint density at radius 2 is 2.00 bits per heavy atom. The van der Waals surface area contributed by atoms with Crippen molar-refractivity contribution >= 4 is 56.5 Å². The summed E-state index contributed by atoms with van der Waals surface area (Å²) < 4.78 is 5.90. The van der Waals surface area contributed by atoms with Gasteiger partial charge in [-0.25, -0.2) is 9.79 Å². The number of amides is 1. The fraction of sp³-hybridized carbons (Fsp3) is 0.320. The Morgan fingerprint density at radius 1 is 1.24 bits per heavy atom. The van der Waals surface area contributed by atoms with Gasteiger partial charge in [0.25, 0.3) is 5.91 Å². The number of carbonyl (C=O) groups is 2. The van der Waals surface area contributed by atoms with Gasteiger partial charge in [0.2, 0.25) is 0 Å². The predicted molar refractivity (Wildman–Crippen MR) is 135 cm³/mol. The maximum absolute atomic E-state index is 13.5. The Morgan fingerprint density at radius 3 is 2.70 bits per heavy atom. The van der Waals surface area contributed by atoms with E-state index in [0.717, 1.165) is 35.7 Å². The van der Waals surface area contributed by atoms with E-state index in [2.05, 4.69) is 22.9 Å². The van der Waals surface area contributed by atoms with Crippen molar-refractivity contribution in [2.24, 2.45) is 10.9 Å². The van der Waals surface area contributed by atoms with Crippen LogP contribution in [0.2, 0.25) is 0 Å². The van der Waals surface area contributed by atoms with Crippen LogP contribution < -0.4 is 4.74 Å². The molecule has 0 radical (unpaired) electrons. The summed E-state index contributed by atoms with van der Waals surface area (Å²) in [5.41, 5.74) is 1.64. The van der Waals surface area contributed by atoms with E-state index in [1.165, 1.54) is 18.2 Å². The van der Waals surface area contributed by atoms with Crippen molar-refractivity contribution in [2.45, 2.75) is 38.6 Å². The SMILES string of the molecule is C[C@@H]1CCCC[C@@H]1N1C(=O)/C(=C/c2ccc(OCC(=O)O)c(Br)c2)SC1=Nc1ccccc1. The Bertz CT molecular complexity index is 1100. The highest BCUT2D eigenvalue weighted by Gasteiger charge is 2.41. The maximum Gasteiger partial charge on any atom is 0.341 e. The first-order chi connectivity index (χ1) is 15.9. The molecule has 2 fully saturated rings. The number of carboxylic acid groups (broad SMARTS) is 1. The molecule has 0 bridgehead atoms. The van der Waals surface area contributed by atoms with Gasteiger partial charge in [0.1, 0.15) is 5.75 Å². The standard InChI is InChI=1S/C25H25BrN2O4S/c1-16-7-5-6-10-20(16)28-24(31)22(33-25(28)27-18-8-3-2-4-9-18)14-17-11-12-21(19(26)13-17)32-15-23(29)30/h2-4,8-9,11-14,16,20H,5-7,10,15H2,1H3,(H,29,30)/b22-14-,27-25?/t16-,20+/m1/s1. The van der Waals surface area contributed by atoms with Crippen LogP contribution in [0.3, 0.4) is 0 Å². The molecule has 2 atom stereocenters. The summed E-state index contributed by atoms with van der Waals surface area (Å²) in [6, 6.07) is 15.2. The van der Waals surface area contributed by atoms with E-state index in [0.29, 0.717) is 21.0 Å². The van der Waals surface area contributed by atoms with Crippen molar-refractivity contribution in [1.29, 1.82) is 0 Å². The first kappa shape index (κ1) is 23.6. The van der Waals surface area contributed by atoms with Crippen molar-refractivity contribution in [3.8, 4) is 5.75 Å². The highest BCUT2D eigenvalue weighted by atomic mass is 79.9. The van der Waals surface area contributed by atoms with Crippen molar-refractivity contribution in [2.75, 3.05) is 6.61 Å². The minimum absolute atomic E-state index is 0.0178. The van der Waals surface area contributed by atoms with Gasteiger partial charge in [-0.3, -0.25) is 9.69 Å². The molecular weight excluding hydrogens is 504 g/mol. The third kappa shape index (κ3) is 5.68. The molecule has 1 amide bonds. The lowest BCUT2D eigenvalue weighted by molar-refractivity contribution is -0.139. The van der Waals surface area contributed by atoms with E-state index in [1.54, 1.807) is 6.07 Å². The molecule has 4 rings (SSSR count). The molecule has 2 aliphatic rings. The van der Waals surface area contributed by atoms with Gasteiger partial charge in [-0.1, -0.05) is 44.0 Å². The number of amidine groups is 1. The number of aliphatic imine (C=N–C) groups is 1. The molecule has 6 nitrogen and oxygen atoms in total. The third-order valence-electron chi connectivity index (χ3n) is 5.82. The van der Waals surface area contributed by atoms with Crippen LogP contribution in [0.15, 0.2) is 62.9 Å². The van der Waals surface area contributed by atoms with Crippen LogP contribution in [-0.4, -0.2) is 39.7 Å². The molecule has 0 aromatic heterocycles. The minimum atomic E-state index is -1.04. The summed E-state index contributed by atoms with van der Waals surface area (Å²) in [6.45, 7) is 1.80. The van der Waals surface area contributed by atoms with E-state index in [4.69, 9.17) is 14.8 Å². The van der Waals surface area contributed by atoms with Crippen molar-refractivity contribution in [3.63, 3.8) is 0 Å². The molecule has 1 saturated heterocycles. The van der Waals surface area contributed by atoms with Gasteiger partial charge < -0.3 is 9.84 Å². The topological polar surface area (TPSA) is 79.2 Å². The summed E-state index contributed by atoms with van der Waals surface area (Å²) in [7, 11) is 0. The van der Waals surface area contributed by atoms with Crippen LogP contribution in [0.5, 0.6) is 5.75 Å². The number of hydrogen-bond acceptors (Lipinski definition) is 5. The fourth-order valence-electron chi connectivity index (χ4n) is 4.17. The van der Waals surface area contributed by atoms with E-state index < -0.39 is 12.6 Å². The normalized spacial score (nSPS) is 23.3. The lowest BCUT2D eigenvalue weighted by atomic mass is 9.85. The van der Waals surface area contributed by atoms with Gasteiger partial charge in [-0.2, -0.15) is 0 Å². The molecule has 8 heteroatoms. The van der Waals surface area contributed by atoms with Gasteiger partial charge in [0.15, 0.2) is 11.8 Å². The van der Waals surface area contributed by atoms with Gasteiger partial charge in [0.05, 0.1) is 15.1 Å². The average molecular weight is 529 g/mol. The van der Waals surface area contributed by atoms with E-state index in [9.17, 15) is 9.59 Å². The molecule has 0 spiro atoms. The van der Waals surface area contributed by atoms with Crippen LogP contribution in [-0.2, 0) is 9.59 Å². The Labute approximate surface area is 205 Å². The molecule has 0 unspecified atom stereocenters. The first-order valence-electron chi connectivity index (χ1n) is 10.9. The Kier molecular flexibility index (Phi) is 7.55. The second-order valence-electron chi connectivity index (χ2n) is 8.22. The molecule has 1 saturated carbocycles. The monoisotopic (exact) mass is 528 g/mol. The van der Waals surface area contributed by atoms with E-state index >= 15 is 0 Å². The highest BCUT2D eigenvalue weighted by Crippen LogP contribution is 2.40. The largest absolute Gasteiger partial charge is 0.481 e. The average Bonchev–Trinajstić information content (AvgIpc) is 3.08. The fourth-order valence-corrected chi connectivity index (χ4v) is 5.72. The molecule has 33 heavy (non-hydrogen) atoms. The van der Waals surface area contributed by atoms with Crippen LogP contribution in [0.1, 0.15) is 38.2 Å². The molecule has 1 N–H and O–H groups in total. The molecule has 1 heterocycles.